The van der Waals surface area contributed by atoms with Gasteiger partial charge in [0.1, 0.15) is 12.1 Å². The molecule has 17 heavy (non-hydrogen) atoms. The Morgan fingerprint density at radius 1 is 1.12 bits per heavy atom. The van der Waals surface area contributed by atoms with Gasteiger partial charge in [-0.05, 0) is 30.3 Å². The summed E-state index contributed by atoms with van der Waals surface area (Å²) in [4.78, 5) is 8.30. The van der Waals surface area contributed by atoms with Crippen molar-refractivity contribution < 1.29 is 4.39 Å². The van der Waals surface area contributed by atoms with Crippen LogP contribution in [0.2, 0.25) is 0 Å². The lowest BCUT2D eigenvalue weighted by molar-refractivity contribution is 0.628. The van der Waals surface area contributed by atoms with Crippen molar-refractivity contribution in [1.29, 1.82) is 0 Å². The van der Waals surface area contributed by atoms with Crippen LogP contribution in [-0.4, -0.2) is 14.6 Å². The molecule has 4 nitrogen and oxygen atoms in total. The molecule has 0 atom stereocenters. The van der Waals surface area contributed by atoms with E-state index in [2.05, 4.69) is 15.4 Å². The minimum absolute atomic E-state index is 0.261. The minimum Gasteiger partial charge on any atom is -0.292 e. The van der Waals surface area contributed by atoms with Crippen LogP contribution in [0.3, 0.4) is 0 Å². The maximum atomic E-state index is 12.8. The van der Waals surface area contributed by atoms with Gasteiger partial charge in [-0.15, -0.1) is 0 Å². The van der Waals surface area contributed by atoms with E-state index < -0.39 is 0 Å². The quantitative estimate of drug-likeness (QED) is 0.732. The molecule has 0 radical (unpaired) electrons. The van der Waals surface area contributed by atoms with Crippen LogP contribution in [-0.2, 0) is 0 Å². The van der Waals surface area contributed by atoms with E-state index in [-0.39, 0.29) is 5.82 Å². The number of halogens is 1. The van der Waals surface area contributed by atoms with Crippen molar-refractivity contribution in [2.75, 3.05) is 5.43 Å². The number of fused-ring (bicyclic) bond motifs is 1. The summed E-state index contributed by atoms with van der Waals surface area (Å²) < 4.78 is 14.5. The van der Waals surface area contributed by atoms with E-state index in [1.807, 2.05) is 6.07 Å². The summed E-state index contributed by atoms with van der Waals surface area (Å²) in [6, 6.07) is 7.99. The summed E-state index contributed by atoms with van der Waals surface area (Å²) in [6.07, 6.45) is 5.08. The van der Waals surface area contributed by atoms with Gasteiger partial charge in [-0.1, -0.05) is 0 Å². The smallest absolute Gasteiger partial charge is 0.161 e. The van der Waals surface area contributed by atoms with Gasteiger partial charge in [-0.3, -0.25) is 5.43 Å². The number of nitrogens with one attached hydrogen (secondary N) is 1. The second-order valence-electron chi connectivity index (χ2n) is 3.61. The van der Waals surface area contributed by atoms with Crippen molar-refractivity contribution in [2.24, 2.45) is 0 Å². The van der Waals surface area contributed by atoms with Gasteiger partial charge in [-0.2, -0.15) is 0 Å². The van der Waals surface area contributed by atoms with Crippen LogP contribution < -0.4 is 5.43 Å². The molecular weight excluding hydrogens is 219 g/mol. The Bertz CT molecular complexity index is 602. The van der Waals surface area contributed by atoms with E-state index in [9.17, 15) is 4.39 Å². The van der Waals surface area contributed by atoms with Crippen molar-refractivity contribution in [3.63, 3.8) is 0 Å². The van der Waals surface area contributed by atoms with E-state index >= 15 is 0 Å². The zero-order valence-corrected chi connectivity index (χ0v) is 8.84. The van der Waals surface area contributed by atoms with Crippen LogP contribution in [0.5, 0.6) is 0 Å². The minimum atomic E-state index is -0.261. The first-order valence-corrected chi connectivity index (χ1v) is 5.12. The molecule has 1 N–H and O–H groups in total. The lowest BCUT2D eigenvalue weighted by atomic mass is 10.3. The highest BCUT2D eigenvalue weighted by Gasteiger charge is 2.07. The Hall–Kier alpha value is -2.43. The van der Waals surface area contributed by atoms with E-state index in [4.69, 9.17) is 0 Å². The standard InChI is InChI=1S/C12H9FN4/c13-10-1-3-11(4-2-10)16-17-8-14-7-9-5-6-15-12(9)17/h1-8,16H. The Labute approximate surface area is 97.1 Å². The summed E-state index contributed by atoms with van der Waals surface area (Å²) in [6.45, 7) is 0. The molecule has 0 saturated carbocycles. The van der Waals surface area contributed by atoms with Crippen LogP contribution in [0.4, 0.5) is 10.1 Å². The molecule has 1 aromatic carbocycles. The fourth-order valence-corrected chi connectivity index (χ4v) is 1.62. The van der Waals surface area contributed by atoms with Gasteiger partial charge in [-0.25, -0.2) is 19.0 Å². The van der Waals surface area contributed by atoms with Gasteiger partial charge in [0.25, 0.3) is 0 Å². The van der Waals surface area contributed by atoms with Crippen molar-refractivity contribution in [3.8, 4) is 11.4 Å². The predicted molar refractivity (Wildman–Crippen MR) is 62.1 cm³/mol. The van der Waals surface area contributed by atoms with E-state index in [0.717, 1.165) is 17.1 Å². The summed E-state index contributed by atoms with van der Waals surface area (Å²) in [5.41, 5.74) is 4.80. The number of anilines is 1. The van der Waals surface area contributed by atoms with E-state index in [0.29, 0.717) is 0 Å². The SMILES string of the molecule is Fc1ccc(Nn2cncc3ccnc2-3)cc1. The maximum absolute atomic E-state index is 12.8. The second-order valence-corrected chi connectivity index (χ2v) is 3.61. The normalized spacial score (nSPS) is 10.6. The first-order chi connectivity index (χ1) is 8.33. The van der Waals surface area contributed by atoms with Crippen LogP contribution in [0.1, 0.15) is 0 Å². The highest BCUT2D eigenvalue weighted by atomic mass is 19.1. The topological polar surface area (TPSA) is 42.7 Å². The Morgan fingerprint density at radius 2 is 1.94 bits per heavy atom. The lowest BCUT2D eigenvalue weighted by Gasteiger charge is -2.12. The molecule has 5 heteroatoms. The Morgan fingerprint density at radius 3 is 2.76 bits per heavy atom. The largest absolute Gasteiger partial charge is 0.292 e. The van der Waals surface area contributed by atoms with Gasteiger partial charge in [0.05, 0.1) is 5.69 Å². The maximum Gasteiger partial charge on any atom is 0.161 e. The fraction of sp³-hybridized carbons (Fsp3) is 0. The third-order valence-electron chi connectivity index (χ3n) is 2.43. The molecule has 0 fully saturated rings. The summed E-state index contributed by atoms with van der Waals surface area (Å²) in [5, 5.41) is 0. The third-order valence-corrected chi connectivity index (χ3v) is 2.43. The van der Waals surface area contributed by atoms with Crippen LogP contribution in [0.25, 0.3) is 11.4 Å². The average molecular weight is 228 g/mol. The molecule has 0 spiro atoms. The van der Waals surface area contributed by atoms with Crippen LogP contribution >= 0.6 is 0 Å². The molecule has 0 aliphatic carbocycles. The summed E-state index contributed by atoms with van der Waals surface area (Å²) >= 11 is 0. The molecule has 2 aliphatic rings. The van der Waals surface area contributed by atoms with Crippen molar-refractivity contribution in [3.05, 3.63) is 54.9 Å². The van der Waals surface area contributed by atoms with E-state index in [1.165, 1.54) is 12.1 Å². The van der Waals surface area contributed by atoms with Gasteiger partial charge < -0.3 is 0 Å². The van der Waals surface area contributed by atoms with Crippen LogP contribution in [0, 0.1) is 5.82 Å². The first kappa shape index (κ1) is 9.77. The van der Waals surface area contributed by atoms with E-state index in [1.54, 1.807) is 35.5 Å². The molecule has 0 unspecified atom stereocenters. The monoisotopic (exact) mass is 228 g/mol. The van der Waals surface area contributed by atoms with Crippen molar-refractivity contribution in [2.45, 2.75) is 0 Å². The van der Waals surface area contributed by atoms with Gasteiger partial charge in [0, 0.05) is 18.0 Å². The first-order valence-electron chi connectivity index (χ1n) is 5.12. The molecule has 0 bridgehead atoms. The van der Waals surface area contributed by atoms with Gasteiger partial charge in [0.2, 0.25) is 0 Å². The number of nitrogens with zero attached hydrogens (tertiary/aromatic N) is 3. The number of rotatable bonds is 2. The molecule has 2 aliphatic heterocycles. The van der Waals surface area contributed by atoms with Gasteiger partial charge in [0.15, 0.2) is 5.82 Å². The lowest BCUT2D eigenvalue weighted by Crippen LogP contribution is -2.13. The fourth-order valence-electron chi connectivity index (χ4n) is 1.62. The van der Waals surface area contributed by atoms with Crippen molar-refractivity contribution >= 4 is 5.69 Å². The number of hydrogen-bond acceptors (Lipinski definition) is 3. The Kier molecular flexibility index (Phi) is 2.22. The molecule has 1 aromatic rings. The third kappa shape index (κ3) is 1.82. The molecular formula is C12H9FN4. The average Bonchev–Trinajstić information content (AvgIpc) is 2.81. The van der Waals surface area contributed by atoms with Crippen molar-refractivity contribution in [1.82, 2.24) is 14.6 Å². The molecule has 0 amide bonds. The number of aromatic nitrogens is 3. The molecule has 2 heterocycles. The highest BCUT2D eigenvalue weighted by Crippen LogP contribution is 2.18. The zero-order chi connectivity index (χ0) is 11.7. The highest BCUT2D eigenvalue weighted by molar-refractivity contribution is 5.57. The second kappa shape index (κ2) is 3.86. The summed E-state index contributed by atoms with van der Waals surface area (Å²) in [5.74, 6) is 0.521. The Balaban J connectivity index is 1.95. The molecule has 3 rings (SSSR count). The van der Waals surface area contributed by atoms with Gasteiger partial charge >= 0.3 is 0 Å². The molecule has 0 saturated heterocycles. The predicted octanol–water partition coefficient (Wildman–Crippen LogP) is 2.40. The molecule has 84 valence electrons. The van der Waals surface area contributed by atoms with Crippen LogP contribution in [0.15, 0.2) is 49.1 Å². The summed E-state index contributed by atoms with van der Waals surface area (Å²) in [7, 11) is 0. The zero-order valence-electron chi connectivity index (χ0n) is 8.84. The number of benzene rings is 1. The molecule has 0 aromatic heterocycles. The number of hydrogen-bond donors (Lipinski definition) is 1.